The molecule has 2 aliphatic rings. The second-order valence-corrected chi connectivity index (χ2v) is 7.62. The fraction of sp³-hybridized carbons (Fsp3) is 0.474. The van der Waals surface area contributed by atoms with Crippen molar-refractivity contribution in [3.63, 3.8) is 0 Å². The number of fused-ring (bicyclic) bond motifs is 2. The maximum absolute atomic E-state index is 10.8. The summed E-state index contributed by atoms with van der Waals surface area (Å²) < 4.78 is 6.55. The Morgan fingerprint density at radius 1 is 1.22 bits per heavy atom. The summed E-state index contributed by atoms with van der Waals surface area (Å²) in [6.45, 7) is 1.97. The SMILES string of the molecule is OC(Cc1ccccc1)C1Cc2sccc2C2(CCNCC2)O1. The molecule has 3 heterocycles. The molecule has 2 aromatic rings. The molecule has 0 aliphatic carbocycles. The molecule has 1 aromatic carbocycles. The van der Waals surface area contributed by atoms with Gasteiger partial charge in [-0.15, -0.1) is 11.3 Å². The van der Waals surface area contributed by atoms with E-state index >= 15 is 0 Å². The van der Waals surface area contributed by atoms with Crippen LogP contribution in [0.3, 0.4) is 0 Å². The van der Waals surface area contributed by atoms with Gasteiger partial charge < -0.3 is 15.2 Å². The van der Waals surface area contributed by atoms with Crippen LogP contribution in [-0.2, 0) is 23.2 Å². The van der Waals surface area contributed by atoms with Crippen molar-refractivity contribution in [3.8, 4) is 0 Å². The lowest BCUT2D eigenvalue weighted by molar-refractivity contribution is -0.160. The molecule has 1 saturated heterocycles. The highest BCUT2D eigenvalue weighted by atomic mass is 32.1. The molecule has 2 N–H and O–H groups in total. The Morgan fingerprint density at radius 3 is 2.78 bits per heavy atom. The van der Waals surface area contributed by atoms with E-state index in [1.807, 2.05) is 29.5 Å². The van der Waals surface area contributed by atoms with Crippen LogP contribution < -0.4 is 5.32 Å². The summed E-state index contributed by atoms with van der Waals surface area (Å²) in [5.41, 5.74) is 2.34. The van der Waals surface area contributed by atoms with E-state index in [9.17, 15) is 5.11 Å². The normalized spacial score (nSPS) is 24.3. The average Bonchev–Trinajstić information content (AvgIpc) is 3.06. The van der Waals surface area contributed by atoms with Crippen molar-refractivity contribution in [2.45, 2.75) is 43.5 Å². The predicted octanol–water partition coefficient (Wildman–Crippen LogP) is 2.87. The molecule has 2 atom stereocenters. The molecule has 0 amide bonds. The third-order valence-corrected chi connectivity index (χ3v) is 6.07. The second-order valence-electron chi connectivity index (χ2n) is 6.62. The summed E-state index contributed by atoms with van der Waals surface area (Å²) in [6, 6.07) is 12.4. The Morgan fingerprint density at radius 2 is 2.00 bits per heavy atom. The van der Waals surface area contributed by atoms with Crippen molar-refractivity contribution in [1.29, 1.82) is 0 Å². The second kappa shape index (κ2) is 6.36. The molecule has 4 rings (SSSR count). The Bertz CT molecular complexity index is 648. The van der Waals surface area contributed by atoms with Gasteiger partial charge >= 0.3 is 0 Å². The summed E-state index contributed by atoms with van der Waals surface area (Å²) in [7, 11) is 0. The van der Waals surface area contributed by atoms with Crippen LogP contribution in [0.1, 0.15) is 28.8 Å². The predicted molar refractivity (Wildman–Crippen MR) is 92.8 cm³/mol. The Kier molecular flexibility index (Phi) is 4.24. The zero-order chi connectivity index (χ0) is 15.7. The number of nitrogens with one attached hydrogen (secondary N) is 1. The first-order chi connectivity index (χ1) is 11.3. The van der Waals surface area contributed by atoms with Crippen molar-refractivity contribution in [2.75, 3.05) is 13.1 Å². The molecule has 23 heavy (non-hydrogen) atoms. The minimum atomic E-state index is -0.459. The van der Waals surface area contributed by atoms with E-state index in [4.69, 9.17) is 4.74 Å². The molecule has 2 aliphatic heterocycles. The lowest BCUT2D eigenvalue weighted by atomic mass is 9.81. The summed E-state index contributed by atoms with van der Waals surface area (Å²) in [6.07, 6.45) is 2.90. The van der Waals surface area contributed by atoms with E-state index in [0.29, 0.717) is 6.42 Å². The summed E-state index contributed by atoms with van der Waals surface area (Å²) in [4.78, 5) is 1.40. The van der Waals surface area contributed by atoms with E-state index in [0.717, 1.165) is 32.4 Å². The first-order valence-electron chi connectivity index (χ1n) is 8.44. The van der Waals surface area contributed by atoms with Crippen molar-refractivity contribution in [3.05, 3.63) is 57.8 Å². The number of aliphatic hydroxyl groups is 1. The van der Waals surface area contributed by atoms with Gasteiger partial charge in [-0.05, 0) is 48.5 Å². The van der Waals surface area contributed by atoms with Gasteiger partial charge in [-0.3, -0.25) is 0 Å². The van der Waals surface area contributed by atoms with E-state index in [-0.39, 0.29) is 11.7 Å². The maximum Gasteiger partial charge on any atom is 0.0971 e. The van der Waals surface area contributed by atoms with Crippen LogP contribution in [0.25, 0.3) is 0 Å². The van der Waals surface area contributed by atoms with E-state index < -0.39 is 6.10 Å². The number of rotatable bonds is 3. The monoisotopic (exact) mass is 329 g/mol. The van der Waals surface area contributed by atoms with Crippen molar-refractivity contribution >= 4 is 11.3 Å². The summed E-state index contributed by atoms with van der Waals surface area (Å²) in [5, 5.41) is 16.4. The van der Waals surface area contributed by atoms with Gasteiger partial charge in [-0.25, -0.2) is 0 Å². The average molecular weight is 329 g/mol. The standard InChI is InChI=1S/C19H23NO2S/c21-16(12-14-4-2-1-3-5-14)17-13-18-15(6-11-23-18)19(22-17)7-9-20-10-8-19/h1-6,11,16-17,20-21H,7-10,12-13H2. The van der Waals surface area contributed by atoms with Gasteiger partial charge in [0.2, 0.25) is 0 Å². The molecule has 4 heteroatoms. The molecule has 0 saturated carbocycles. The van der Waals surface area contributed by atoms with Gasteiger partial charge in [-0.2, -0.15) is 0 Å². The number of hydrogen-bond donors (Lipinski definition) is 2. The molecule has 3 nitrogen and oxygen atoms in total. The number of thiophene rings is 1. The number of piperidine rings is 1. The molecule has 0 radical (unpaired) electrons. The van der Waals surface area contributed by atoms with E-state index in [1.165, 1.54) is 16.0 Å². The third-order valence-electron chi connectivity index (χ3n) is 5.13. The highest BCUT2D eigenvalue weighted by Gasteiger charge is 2.44. The van der Waals surface area contributed by atoms with Gasteiger partial charge in [0.15, 0.2) is 0 Å². The number of ether oxygens (including phenoxy) is 1. The van der Waals surface area contributed by atoms with Crippen LogP contribution in [0.4, 0.5) is 0 Å². The fourth-order valence-electron chi connectivity index (χ4n) is 3.90. The van der Waals surface area contributed by atoms with Gasteiger partial charge in [0.05, 0.1) is 17.8 Å². The topological polar surface area (TPSA) is 41.5 Å². The largest absolute Gasteiger partial charge is 0.390 e. The number of aliphatic hydroxyl groups excluding tert-OH is 1. The van der Waals surface area contributed by atoms with Crippen LogP contribution in [0.2, 0.25) is 0 Å². The van der Waals surface area contributed by atoms with Gasteiger partial charge in [-0.1, -0.05) is 30.3 Å². The Hall–Kier alpha value is -1.20. The highest BCUT2D eigenvalue weighted by Crippen LogP contribution is 2.44. The van der Waals surface area contributed by atoms with Crippen LogP contribution >= 0.6 is 11.3 Å². The van der Waals surface area contributed by atoms with Crippen molar-refractivity contribution in [1.82, 2.24) is 5.32 Å². The first kappa shape index (κ1) is 15.3. The molecule has 2 unspecified atom stereocenters. The van der Waals surface area contributed by atoms with Crippen molar-refractivity contribution in [2.24, 2.45) is 0 Å². The molecule has 1 fully saturated rings. The van der Waals surface area contributed by atoms with Gasteiger partial charge in [0, 0.05) is 17.7 Å². The fourth-order valence-corrected chi connectivity index (χ4v) is 4.91. The molecule has 122 valence electrons. The van der Waals surface area contributed by atoms with Crippen LogP contribution in [0, 0.1) is 0 Å². The minimum absolute atomic E-state index is 0.112. The Labute approximate surface area is 141 Å². The Balaban J connectivity index is 1.56. The summed E-state index contributed by atoms with van der Waals surface area (Å²) in [5.74, 6) is 0. The van der Waals surface area contributed by atoms with Crippen LogP contribution in [-0.4, -0.2) is 30.4 Å². The van der Waals surface area contributed by atoms with E-state index in [1.54, 1.807) is 0 Å². The third kappa shape index (κ3) is 2.96. The maximum atomic E-state index is 10.8. The van der Waals surface area contributed by atoms with Crippen molar-refractivity contribution < 1.29 is 9.84 Å². The minimum Gasteiger partial charge on any atom is -0.390 e. The quantitative estimate of drug-likeness (QED) is 0.910. The van der Waals surface area contributed by atoms with E-state index in [2.05, 4.69) is 28.9 Å². The highest BCUT2D eigenvalue weighted by molar-refractivity contribution is 7.10. The first-order valence-corrected chi connectivity index (χ1v) is 9.32. The molecule has 1 spiro atoms. The molecular formula is C19H23NO2S. The molecule has 0 bridgehead atoms. The van der Waals surface area contributed by atoms with Crippen LogP contribution in [0.5, 0.6) is 0 Å². The summed E-state index contributed by atoms with van der Waals surface area (Å²) >= 11 is 1.81. The van der Waals surface area contributed by atoms with Crippen LogP contribution in [0.15, 0.2) is 41.8 Å². The smallest absolute Gasteiger partial charge is 0.0971 e. The number of hydrogen-bond acceptors (Lipinski definition) is 4. The van der Waals surface area contributed by atoms with Gasteiger partial charge in [0.25, 0.3) is 0 Å². The number of benzene rings is 1. The lowest BCUT2D eigenvalue weighted by Gasteiger charge is -2.45. The van der Waals surface area contributed by atoms with Gasteiger partial charge in [0.1, 0.15) is 0 Å². The lowest BCUT2D eigenvalue weighted by Crippen LogP contribution is -2.50. The molecular weight excluding hydrogens is 306 g/mol. The zero-order valence-electron chi connectivity index (χ0n) is 13.2. The zero-order valence-corrected chi connectivity index (χ0v) is 14.0. The molecule has 1 aromatic heterocycles.